The largest absolute Gasteiger partial charge is 0.381 e. The highest BCUT2D eigenvalue weighted by Gasteiger charge is 2.28. The Kier molecular flexibility index (Phi) is 6.24. The summed E-state index contributed by atoms with van der Waals surface area (Å²) in [4.78, 5) is 0. The summed E-state index contributed by atoms with van der Waals surface area (Å²) in [6.07, 6.45) is 1.05. The van der Waals surface area contributed by atoms with E-state index in [4.69, 9.17) is 15.2 Å². The van der Waals surface area contributed by atoms with Crippen molar-refractivity contribution in [2.45, 2.75) is 18.5 Å². The van der Waals surface area contributed by atoms with Crippen LogP contribution < -0.4 is 5.73 Å². The number of methoxy groups -OCH3 is 2. The summed E-state index contributed by atoms with van der Waals surface area (Å²) < 4.78 is 23.2. The standard InChI is InChI=1S/C8H18FNO2/c1-11-6-8(9,7-12-2)4-3-5-10/h3-7,10H2,1-2H3. The molecule has 0 aromatic rings. The van der Waals surface area contributed by atoms with E-state index in [1.165, 1.54) is 14.2 Å². The first-order valence-corrected chi connectivity index (χ1v) is 4.05. The van der Waals surface area contributed by atoms with Crippen molar-refractivity contribution >= 4 is 0 Å². The third-order valence-corrected chi connectivity index (χ3v) is 1.63. The van der Waals surface area contributed by atoms with Gasteiger partial charge in [-0.1, -0.05) is 0 Å². The molecule has 0 aliphatic rings. The molecule has 3 nitrogen and oxygen atoms in total. The molecule has 0 amide bonds. The zero-order valence-electron chi connectivity index (χ0n) is 7.81. The normalized spacial score (nSPS) is 12.0. The maximum absolute atomic E-state index is 13.7. The monoisotopic (exact) mass is 179 g/mol. The average molecular weight is 179 g/mol. The third kappa shape index (κ3) is 4.64. The number of halogens is 1. The Balaban J connectivity index is 3.80. The molecule has 0 rings (SSSR count). The van der Waals surface area contributed by atoms with Crippen molar-refractivity contribution in [3.63, 3.8) is 0 Å². The van der Waals surface area contributed by atoms with Gasteiger partial charge in [-0.3, -0.25) is 0 Å². The molecular weight excluding hydrogens is 161 g/mol. The van der Waals surface area contributed by atoms with Crippen molar-refractivity contribution in [1.29, 1.82) is 0 Å². The molecule has 12 heavy (non-hydrogen) atoms. The van der Waals surface area contributed by atoms with Gasteiger partial charge in [-0.05, 0) is 19.4 Å². The summed E-state index contributed by atoms with van der Waals surface area (Å²) in [6, 6.07) is 0. The Morgan fingerprint density at radius 2 is 1.75 bits per heavy atom. The lowest BCUT2D eigenvalue weighted by Crippen LogP contribution is -2.34. The number of ether oxygens (including phenoxy) is 2. The zero-order valence-corrected chi connectivity index (χ0v) is 7.81. The number of alkyl halides is 1. The van der Waals surface area contributed by atoms with Crippen LogP contribution in [0.25, 0.3) is 0 Å². The van der Waals surface area contributed by atoms with Crippen LogP contribution in [0.3, 0.4) is 0 Å². The Labute approximate surface area is 73.0 Å². The van der Waals surface area contributed by atoms with Gasteiger partial charge < -0.3 is 15.2 Å². The lowest BCUT2D eigenvalue weighted by atomic mass is 10.0. The predicted octanol–water partition coefficient (Wildman–Crippen LogP) is 0.726. The lowest BCUT2D eigenvalue weighted by Gasteiger charge is -2.23. The van der Waals surface area contributed by atoms with Crippen LogP contribution in [0.15, 0.2) is 0 Å². The summed E-state index contributed by atoms with van der Waals surface area (Å²) in [5, 5.41) is 0. The first-order valence-electron chi connectivity index (χ1n) is 4.05. The smallest absolute Gasteiger partial charge is 0.157 e. The van der Waals surface area contributed by atoms with Gasteiger partial charge in [-0.2, -0.15) is 0 Å². The molecule has 0 saturated heterocycles. The molecular formula is C8H18FNO2. The van der Waals surface area contributed by atoms with Crippen molar-refractivity contribution < 1.29 is 13.9 Å². The van der Waals surface area contributed by atoms with Gasteiger partial charge in [0.15, 0.2) is 5.67 Å². The van der Waals surface area contributed by atoms with Crippen LogP contribution >= 0.6 is 0 Å². The van der Waals surface area contributed by atoms with Crippen molar-refractivity contribution in [3.8, 4) is 0 Å². The number of hydrogen-bond acceptors (Lipinski definition) is 3. The first kappa shape index (κ1) is 11.8. The summed E-state index contributed by atoms with van der Waals surface area (Å²) in [7, 11) is 2.96. The molecule has 2 N–H and O–H groups in total. The summed E-state index contributed by atoms with van der Waals surface area (Å²) in [5.74, 6) is 0. The van der Waals surface area contributed by atoms with Crippen molar-refractivity contribution in [2.24, 2.45) is 5.73 Å². The van der Waals surface area contributed by atoms with Crippen LogP contribution in [-0.4, -0.2) is 39.6 Å². The second-order valence-corrected chi connectivity index (χ2v) is 2.91. The van der Waals surface area contributed by atoms with Gasteiger partial charge in [-0.15, -0.1) is 0 Å². The summed E-state index contributed by atoms with van der Waals surface area (Å²) >= 11 is 0. The number of rotatable bonds is 7. The van der Waals surface area contributed by atoms with E-state index in [0.29, 0.717) is 19.4 Å². The molecule has 0 aliphatic carbocycles. The van der Waals surface area contributed by atoms with Crippen LogP contribution in [0.1, 0.15) is 12.8 Å². The van der Waals surface area contributed by atoms with Gasteiger partial charge in [0.25, 0.3) is 0 Å². The Morgan fingerprint density at radius 1 is 1.25 bits per heavy atom. The zero-order chi connectivity index (χ0) is 9.45. The summed E-state index contributed by atoms with van der Waals surface area (Å²) in [6.45, 7) is 0.640. The van der Waals surface area contributed by atoms with Crippen LogP contribution in [-0.2, 0) is 9.47 Å². The van der Waals surface area contributed by atoms with Crippen LogP contribution in [0.5, 0.6) is 0 Å². The summed E-state index contributed by atoms with van der Waals surface area (Å²) in [5.41, 5.74) is 3.91. The van der Waals surface area contributed by atoms with E-state index >= 15 is 0 Å². The topological polar surface area (TPSA) is 44.5 Å². The molecule has 0 aliphatic heterocycles. The van der Waals surface area contributed by atoms with Crippen LogP contribution in [0, 0.1) is 0 Å². The maximum Gasteiger partial charge on any atom is 0.157 e. The van der Waals surface area contributed by atoms with Gasteiger partial charge in [0.05, 0.1) is 13.2 Å². The second kappa shape index (κ2) is 6.34. The molecule has 0 radical (unpaired) electrons. The number of hydrogen-bond donors (Lipinski definition) is 1. The minimum Gasteiger partial charge on any atom is -0.381 e. The van der Waals surface area contributed by atoms with Crippen molar-refractivity contribution in [1.82, 2.24) is 0 Å². The van der Waals surface area contributed by atoms with Crippen molar-refractivity contribution in [2.75, 3.05) is 34.0 Å². The molecule has 0 saturated carbocycles. The molecule has 0 atom stereocenters. The van der Waals surface area contributed by atoms with Gasteiger partial charge in [0, 0.05) is 14.2 Å². The SMILES string of the molecule is COCC(F)(CCCN)COC. The minimum absolute atomic E-state index is 0.0703. The van der Waals surface area contributed by atoms with Gasteiger partial charge in [0.2, 0.25) is 0 Å². The molecule has 0 aromatic heterocycles. The van der Waals surface area contributed by atoms with Crippen LogP contribution in [0.4, 0.5) is 4.39 Å². The van der Waals surface area contributed by atoms with E-state index in [9.17, 15) is 4.39 Å². The van der Waals surface area contributed by atoms with E-state index < -0.39 is 5.67 Å². The molecule has 0 spiro atoms. The lowest BCUT2D eigenvalue weighted by molar-refractivity contribution is -0.0237. The Bertz CT molecular complexity index is 105. The van der Waals surface area contributed by atoms with Gasteiger partial charge in [0.1, 0.15) is 0 Å². The highest BCUT2D eigenvalue weighted by atomic mass is 19.1. The highest BCUT2D eigenvalue weighted by molar-refractivity contribution is 4.78. The second-order valence-electron chi connectivity index (χ2n) is 2.91. The van der Waals surface area contributed by atoms with Gasteiger partial charge >= 0.3 is 0 Å². The average Bonchev–Trinajstić information content (AvgIpc) is 2.02. The van der Waals surface area contributed by atoms with E-state index in [-0.39, 0.29) is 13.2 Å². The Hall–Kier alpha value is -0.190. The molecule has 4 heteroatoms. The quantitative estimate of drug-likeness (QED) is 0.626. The van der Waals surface area contributed by atoms with E-state index in [1.807, 2.05) is 0 Å². The Morgan fingerprint density at radius 3 is 2.08 bits per heavy atom. The predicted molar refractivity (Wildman–Crippen MR) is 45.9 cm³/mol. The molecule has 74 valence electrons. The van der Waals surface area contributed by atoms with Crippen molar-refractivity contribution in [3.05, 3.63) is 0 Å². The van der Waals surface area contributed by atoms with Crippen LogP contribution in [0.2, 0.25) is 0 Å². The first-order chi connectivity index (χ1) is 5.68. The fourth-order valence-corrected chi connectivity index (χ4v) is 1.12. The molecule has 0 unspecified atom stereocenters. The maximum atomic E-state index is 13.7. The van der Waals surface area contributed by atoms with E-state index in [1.54, 1.807) is 0 Å². The molecule has 0 heterocycles. The fourth-order valence-electron chi connectivity index (χ4n) is 1.12. The van der Waals surface area contributed by atoms with E-state index in [0.717, 1.165) is 0 Å². The number of nitrogens with two attached hydrogens (primary N) is 1. The molecule has 0 bridgehead atoms. The van der Waals surface area contributed by atoms with E-state index in [2.05, 4.69) is 0 Å². The molecule has 0 fully saturated rings. The third-order valence-electron chi connectivity index (χ3n) is 1.63. The van der Waals surface area contributed by atoms with Gasteiger partial charge in [-0.25, -0.2) is 4.39 Å². The highest BCUT2D eigenvalue weighted by Crippen LogP contribution is 2.18. The fraction of sp³-hybridized carbons (Fsp3) is 1.00. The minimum atomic E-state index is -1.37. The molecule has 0 aromatic carbocycles.